The third-order valence-corrected chi connectivity index (χ3v) is 3.19. The molecule has 2 aromatic rings. The lowest BCUT2D eigenvalue weighted by Gasteiger charge is -2.12. The molecule has 0 bridgehead atoms. The second kappa shape index (κ2) is 7.85. The number of aliphatic hydroxyl groups excluding tert-OH is 2. The molecule has 1 heterocycles. The van der Waals surface area contributed by atoms with Crippen molar-refractivity contribution < 1.29 is 29.2 Å². The van der Waals surface area contributed by atoms with Gasteiger partial charge >= 0.3 is 5.63 Å². The Labute approximate surface area is 138 Å². The minimum atomic E-state index is -1.06. The van der Waals surface area contributed by atoms with Crippen LogP contribution < -0.4 is 15.1 Å². The summed E-state index contributed by atoms with van der Waals surface area (Å²) in [5.74, 6) is -0.438. The number of hydrogen-bond acceptors (Lipinski definition) is 7. The Balaban J connectivity index is 2.38. The fourth-order valence-corrected chi connectivity index (χ4v) is 1.94. The molecule has 2 rings (SSSR count). The molecule has 0 aliphatic heterocycles. The summed E-state index contributed by atoms with van der Waals surface area (Å²) >= 11 is 0. The molecule has 1 aromatic carbocycles. The van der Waals surface area contributed by atoms with Crippen LogP contribution in [-0.4, -0.2) is 41.2 Å². The van der Waals surface area contributed by atoms with Gasteiger partial charge < -0.3 is 29.2 Å². The van der Waals surface area contributed by atoms with Gasteiger partial charge in [0.15, 0.2) is 17.1 Å². The third-order valence-electron chi connectivity index (χ3n) is 3.19. The van der Waals surface area contributed by atoms with Crippen molar-refractivity contribution in [2.45, 2.75) is 20.0 Å². The minimum absolute atomic E-state index is 0.0414. The molecule has 0 saturated carbocycles. The van der Waals surface area contributed by atoms with Crippen molar-refractivity contribution >= 4 is 11.0 Å². The normalized spacial score (nSPS) is 12.0. The predicted molar refractivity (Wildman–Crippen MR) is 87.7 cm³/mol. The van der Waals surface area contributed by atoms with Crippen molar-refractivity contribution in [1.29, 1.82) is 0 Å². The number of allylic oxidation sites excluding steroid dienone is 1. The number of para-hydroxylation sites is 1. The van der Waals surface area contributed by atoms with Crippen LogP contribution in [0.2, 0.25) is 0 Å². The van der Waals surface area contributed by atoms with Gasteiger partial charge in [-0.1, -0.05) is 11.6 Å². The Bertz CT molecular complexity index is 787. The Morgan fingerprint density at radius 1 is 1.33 bits per heavy atom. The lowest BCUT2D eigenvalue weighted by molar-refractivity contribution is 0.0537. The van der Waals surface area contributed by atoms with Crippen LogP contribution in [0.3, 0.4) is 0 Å². The standard InChI is InChI=1S/C17H20O7/c1-10(2)6-7-22-16-14(20)12-4-3-5-13(15(12)24-17(16)21)23-9-11(19)8-18/h3-6,11,18-20H,7-9H2,1-2H3. The molecule has 130 valence electrons. The van der Waals surface area contributed by atoms with Gasteiger partial charge in [-0.3, -0.25) is 0 Å². The van der Waals surface area contributed by atoms with E-state index in [-0.39, 0.29) is 41.4 Å². The summed E-state index contributed by atoms with van der Waals surface area (Å²) in [4.78, 5) is 12.1. The molecule has 7 nitrogen and oxygen atoms in total. The topological polar surface area (TPSA) is 109 Å². The molecule has 0 fully saturated rings. The highest BCUT2D eigenvalue weighted by molar-refractivity contribution is 5.89. The van der Waals surface area contributed by atoms with E-state index in [9.17, 15) is 15.0 Å². The van der Waals surface area contributed by atoms with Crippen LogP contribution in [0.5, 0.6) is 17.2 Å². The van der Waals surface area contributed by atoms with Crippen LogP contribution in [0.4, 0.5) is 0 Å². The summed E-state index contributed by atoms with van der Waals surface area (Å²) in [6, 6.07) is 4.68. The molecular weight excluding hydrogens is 316 g/mol. The number of benzene rings is 1. The number of hydrogen-bond donors (Lipinski definition) is 3. The Hall–Kier alpha value is -2.51. The number of aromatic hydroxyl groups is 1. The molecule has 1 aromatic heterocycles. The van der Waals surface area contributed by atoms with Crippen LogP contribution in [-0.2, 0) is 0 Å². The highest BCUT2D eigenvalue weighted by Crippen LogP contribution is 2.35. The summed E-state index contributed by atoms with van der Waals surface area (Å²) < 4.78 is 15.8. The first-order chi connectivity index (χ1) is 11.4. The van der Waals surface area contributed by atoms with Crippen molar-refractivity contribution in [2.24, 2.45) is 0 Å². The first kappa shape index (κ1) is 17.8. The SMILES string of the molecule is CC(C)=CCOc1c(O)c2cccc(OCC(O)CO)c2oc1=O. The van der Waals surface area contributed by atoms with Gasteiger partial charge in [0.2, 0.25) is 5.75 Å². The summed E-state index contributed by atoms with van der Waals surface area (Å²) in [6.07, 6.45) is 0.700. The summed E-state index contributed by atoms with van der Waals surface area (Å²) in [7, 11) is 0. The zero-order chi connectivity index (χ0) is 17.7. The summed E-state index contributed by atoms with van der Waals surface area (Å²) in [5, 5.41) is 28.7. The molecule has 0 amide bonds. The molecule has 1 atom stereocenters. The monoisotopic (exact) mass is 336 g/mol. The van der Waals surface area contributed by atoms with E-state index in [4.69, 9.17) is 19.0 Å². The van der Waals surface area contributed by atoms with Crippen molar-refractivity contribution in [3.63, 3.8) is 0 Å². The van der Waals surface area contributed by atoms with Gasteiger partial charge in [0, 0.05) is 0 Å². The number of fused-ring (bicyclic) bond motifs is 1. The largest absolute Gasteiger partial charge is 0.504 e. The number of rotatable bonds is 7. The molecule has 3 N–H and O–H groups in total. The first-order valence-electron chi connectivity index (χ1n) is 7.40. The zero-order valence-corrected chi connectivity index (χ0v) is 13.5. The fourth-order valence-electron chi connectivity index (χ4n) is 1.94. The van der Waals surface area contributed by atoms with Gasteiger partial charge in [-0.25, -0.2) is 4.79 Å². The summed E-state index contributed by atoms with van der Waals surface area (Å²) in [5.41, 5.74) is 0.221. The third kappa shape index (κ3) is 4.06. The lowest BCUT2D eigenvalue weighted by atomic mass is 10.2. The lowest BCUT2D eigenvalue weighted by Crippen LogP contribution is -2.21. The average molecular weight is 336 g/mol. The molecular formula is C17H20O7. The van der Waals surface area contributed by atoms with Crippen molar-refractivity contribution in [2.75, 3.05) is 19.8 Å². The Morgan fingerprint density at radius 2 is 2.08 bits per heavy atom. The molecule has 7 heteroatoms. The maximum atomic E-state index is 12.1. The molecule has 0 spiro atoms. The van der Waals surface area contributed by atoms with Gasteiger partial charge in [-0.15, -0.1) is 0 Å². The maximum Gasteiger partial charge on any atom is 0.383 e. The summed E-state index contributed by atoms with van der Waals surface area (Å²) in [6.45, 7) is 3.26. The minimum Gasteiger partial charge on any atom is -0.504 e. The first-order valence-corrected chi connectivity index (χ1v) is 7.40. The highest BCUT2D eigenvalue weighted by atomic mass is 16.5. The van der Waals surface area contributed by atoms with E-state index >= 15 is 0 Å². The Morgan fingerprint density at radius 3 is 2.75 bits per heavy atom. The van der Waals surface area contributed by atoms with Crippen LogP contribution in [0.1, 0.15) is 13.8 Å². The van der Waals surface area contributed by atoms with Gasteiger partial charge in [-0.05, 0) is 32.1 Å². The van der Waals surface area contributed by atoms with Crippen molar-refractivity contribution in [3.8, 4) is 17.2 Å². The second-order valence-electron chi connectivity index (χ2n) is 5.44. The van der Waals surface area contributed by atoms with Gasteiger partial charge in [0.25, 0.3) is 0 Å². The molecule has 24 heavy (non-hydrogen) atoms. The van der Waals surface area contributed by atoms with E-state index < -0.39 is 18.3 Å². The van der Waals surface area contributed by atoms with E-state index in [1.807, 2.05) is 13.8 Å². The van der Waals surface area contributed by atoms with Gasteiger partial charge in [0.1, 0.15) is 19.3 Å². The van der Waals surface area contributed by atoms with Gasteiger partial charge in [0.05, 0.1) is 12.0 Å². The Kier molecular flexibility index (Phi) is 5.83. The molecule has 1 unspecified atom stereocenters. The van der Waals surface area contributed by atoms with Crippen LogP contribution in [0.25, 0.3) is 11.0 Å². The molecule has 0 aliphatic rings. The van der Waals surface area contributed by atoms with E-state index in [2.05, 4.69) is 0 Å². The highest BCUT2D eigenvalue weighted by Gasteiger charge is 2.18. The number of ether oxygens (including phenoxy) is 2. The second-order valence-corrected chi connectivity index (χ2v) is 5.44. The quantitative estimate of drug-likeness (QED) is 0.520. The molecule has 0 saturated heterocycles. The predicted octanol–water partition coefficient (Wildman–Crippen LogP) is 1.58. The average Bonchev–Trinajstić information content (AvgIpc) is 2.55. The number of aliphatic hydroxyl groups is 2. The maximum absolute atomic E-state index is 12.1. The van der Waals surface area contributed by atoms with Crippen molar-refractivity contribution in [1.82, 2.24) is 0 Å². The van der Waals surface area contributed by atoms with E-state index in [0.717, 1.165) is 5.57 Å². The van der Waals surface area contributed by atoms with E-state index in [0.29, 0.717) is 0 Å². The van der Waals surface area contributed by atoms with Crippen molar-refractivity contribution in [3.05, 3.63) is 40.3 Å². The molecule has 0 aliphatic carbocycles. The van der Waals surface area contributed by atoms with Crippen LogP contribution in [0, 0.1) is 0 Å². The van der Waals surface area contributed by atoms with E-state index in [1.165, 1.54) is 6.07 Å². The van der Waals surface area contributed by atoms with Gasteiger partial charge in [-0.2, -0.15) is 0 Å². The molecule has 0 radical (unpaired) electrons. The van der Waals surface area contributed by atoms with Crippen LogP contribution >= 0.6 is 0 Å². The fraction of sp³-hybridized carbons (Fsp3) is 0.353. The van der Waals surface area contributed by atoms with Crippen LogP contribution in [0.15, 0.2) is 39.1 Å². The zero-order valence-electron chi connectivity index (χ0n) is 13.5. The van der Waals surface area contributed by atoms with E-state index in [1.54, 1.807) is 18.2 Å². The smallest absolute Gasteiger partial charge is 0.383 e.